The van der Waals surface area contributed by atoms with Gasteiger partial charge in [0.1, 0.15) is 11.3 Å². The van der Waals surface area contributed by atoms with Crippen molar-refractivity contribution in [2.75, 3.05) is 12.4 Å². The lowest BCUT2D eigenvalue weighted by molar-refractivity contribution is 0.102. The van der Waals surface area contributed by atoms with E-state index >= 15 is 0 Å². The smallest absolute Gasteiger partial charge is 0.261 e. The fourth-order valence-electron chi connectivity index (χ4n) is 3.27. The van der Waals surface area contributed by atoms with Gasteiger partial charge in [0.25, 0.3) is 5.91 Å². The first-order valence-electron chi connectivity index (χ1n) is 10.1. The summed E-state index contributed by atoms with van der Waals surface area (Å²) < 4.78 is 11.2. The molecule has 0 radical (unpaired) electrons. The van der Waals surface area contributed by atoms with Crippen molar-refractivity contribution in [2.45, 2.75) is 20.5 Å². The first kappa shape index (κ1) is 21.3. The number of benzene rings is 2. The van der Waals surface area contributed by atoms with E-state index < -0.39 is 0 Å². The van der Waals surface area contributed by atoms with Crippen molar-refractivity contribution < 1.29 is 19.1 Å². The lowest BCUT2D eigenvalue weighted by Crippen LogP contribution is -2.22. The molecule has 32 heavy (non-hydrogen) atoms. The Labute approximate surface area is 185 Å². The molecule has 4 rings (SSSR count). The number of methoxy groups -OCH3 is 1. The van der Waals surface area contributed by atoms with Crippen molar-refractivity contribution in [3.05, 3.63) is 88.7 Å². The molecule has 0 aliphatic heterocycles. The van der Waals surface area contributed by atoms with Crippen molar-refractivity contribution in [1.82, 2.24) is 4.98 Å². The largest absolute Gasteiger partial charge is 0.497 e. The number of amides is 1. The molecule has 0 spiro atoms. The number of aliphatic hydroxyl groups is 1. The number of carbonyl (C=O) groups excluding carboxylic acids is 1. The first-order valence-corrected chi connectivity index (χ1v) is 10.1. The minimum Gasteiger partial charge on any atom is -0.497 e. The highest BCUT2D eigenvalue weighted by Crippen LogP contribution is 2.22. The van der Waals surface area contributed by atoms with E-state index in [1.54, 1.807) is 50.6 Å². The lowest BCUT2D eigenvalue weighted by Gasteiger charge is -2.10. The molecule has 1 amide bonds. The molecule has 0 aliphatic rings. The Morgan fingerprint density at radius 3 is 2.50 bits per heavy atom. The summed E-state index contributed by atoms with van der Waals surface area (Å²) in [6.45, 7) is 3.57. The van der Waals surface area contributed by atoms with E-state index in [1.165, 1.54) is 0 Å². The van der Waals surface area contributed by atoms with E-state index in [9.17, 15) is 9.90 Å². The molecule has 0 saturated heterocycles. The molecule has 0 saturated carbocycles. The number of hydrogen-bond acceptors (Lipinski definition) is 6. The number of aliphatic hydroxyl groups excluding tert-OH is 1. The van der Waals surface area contributed by atoms with Gasteiger partial charge < -0.3 is 19.6 Å². The Morgan fingerprint density at radius 2 is 1.84 bits per heavy atom. The number of carbonyl (C=O) groups is 1. The van der Waals surface area contributed by atoms with Gasteiger partial charge in [-0.25, -0.2) is 4.99 Å². The van der Waals surface area contributed by atoms with E-state index in [1.807, 2.05) is 31.2 Å². The maximum Gasteiger partial charge on any atom is 0.261 e. The Hall–Kier alpha value is -3.97. The zero-order valence-corrected chi connectivity index (χ0v) is 18.0. The first-order chi connectivity index (χ1) is 15.5. The second-order valence-electron chi connectivity index (χ2n) is 7.36. The summed E-state index contributed by atoms with van der Waals surface area (Å²) in [5.41, 5.74) is 4.44. The van der Waals surface area contributed by atoms with Crippen LogP contribution in [0.2, 0.25) is 0 Å². The molecule has 2 heterocycles. The predicted molar refractivity (Wildman–Crippen MR) is 122 cm³/mol. The SMILES string of the molecule is COc1ccc(NC(=O)c2cc3c(CO)cnc(C)c3oc2=Nc2ccc(C)cc2)cc1. The number of aryl methyl sites for hydroxylation is 2. The van der Waals surface area contributed by atoms with E-state index in [0.717, 1.165) is 5.56 Å². The van der Waals surface area contributed by atoms with Crippen molar-refractivity contribution in [3.63, 3.8) is 0 Å². The van der Waals surface area contributed by atoms with Gasteiger partial charge >= 0.3 is 0 Å². The second-order valence-corrected chi connectivity index (χ2v) is 7.36. The summed E-state index contributed by atoms with van der Waals surface area (Å²) in [4.78, 5) is 22.1. The van der Waals surface area contributed by atoms with Crippen LogP contribution < -0.4 is 15.6 Å². The molecule has 0 atom stereocenters. The second kappa shape index (κ2) is 9.03. The van der Waals surface area contributed by atoms with Gasteiger partial charge in [0, 0.05) is 22.8 Å². The molecule has 2 N–H and O–H groups in total. The van der Waals surface area contributed by atoms with Gasteiger partial charge in [-0.05, 0) is 56.3 Å². The van der Waals surface area contributed by atoms with Gasteiger partial charge in [-0.2, -0.15) is 0 Å². The number of anilines is 1. The third-order valence-corrected chi connectivity index (χ3v) is 5.08. The fourth-order valence-corrected chi connectivity index (χ4v) is 3.27. The molecule has 4 aromatic rings. The van der Waals surface area contributed by atoms with Crippen LogP contribution in [0.1, 0.15) is 27.2 Å². The summed E-state index contributed by atoms with van der Waals surface area (Å²) in [7, 11) is 1.58. The van der Waals surface area contributed by atoms with Gasteiger partial charge in [-0.3, -0.25) is 9.78 Å². The van der Waals surface area contributed by atoms with Gasteiger partial charge in [0.05, 0.1) is 25.1 Å². The van der Waals surface area contributed by atoms with Crippen molar-refractivity contribution >= 4 is 28.3 Å². The van der Waals surface area contributed by atoms with Gasteiger partial charge in [0.15, 0.2) is 5.58 Å². The molecular formula is C25H23N3O4. The standard InChI is InChI=1S/C25H23N3O4/c1-15-4-6-19(7-5-15)28-25-22(24(30)27-18-8-10-20(31-3)11-9-18)12-21-17(14-29)13-26-16(2)23(21)32-25/h4-13,29H,14H2,1-3H3,(H,27,30). The predicted octanol–water partition coefficient (Wildman–Crippen LogP) is 4.43. The molecule has 2 aromatic heterocycles. The van der Waals surface area contributed by atoms with Crippen LogP contribution in [-0.2, 0) is 6.61 Å². The highest BCUT2D eigenvalue weighted by atomic mass is 16.5. The van der Waals surface area contributed by atoms with Crippen LogP contribution >= 0.6 is 0 Å². The third kappa shape index (κ3) is 4.38. The number of pyridine rings is 1. The van der Waals surface area contributed by atoms with Crippen molar-refractivity contribution in [2.24, 2.45) is 4.99 Å². The van der Waals surface area contributed by atoms with Crippen LogP contribution in [0.15, 0.2) is 70.2 Å². The molecule has 0 unspecified atom stereocenters. The van der Waals surface area contributed by atoms with E-state index in [-0.39, 0.29) is 23.6 Å². The van der Waals surface area contributed by atoms with Crippen molar-refractivity contribution in [1.29, 1.82) is 0 Å². The zero-order valence-electron chi connectivity index (χ0n) is 18.0. The summed E-state index contributed by atoms with van der Waals surface area (Å²) in [6.07, 6.45) is 1.58. The highest BCUT2D eigenvalue weighted by Gasteiger charge is 2.16. The highest BCUT2D eigenvalue weighted by molar-refractivity contribution is 6.05. The number of nitrogens with zero attached hydrogens (tertiary/aromatic N) is 2. The van der Waals surface area contributed by atoms with Crippen LogP contribution in [0.25, 0.3) is 11.0 Å². The third-order valence-electron chi connectivity index (χ3n) is 5.08. The Balaban J connectivity index is 1.87. The number of hydrogen-bond donors (Lipinski definition) is 2. The molecular weight excluding hydrogens is 406 g/mol. The van der Waals surface area contributed by atoms with Crippen LogP contribution in [0.3, 0.4) is 0 Å². The molecule has 0 fully saturated rings. The Kier molecular flexibility index (Phi) is 6.00. The molecule has 162 valence electrons. The Bertz CT molecular complexity index is 1340. The average molecular weight is 429 g/mol. The number of nitrogens with one attached hydrogen (secondary N) is 1. The van der Waals surface area contributed by atoms with E-state index in [4.69, 9.17) is 9.15 Å². The number of rotatable bonds is 5. The molecule has 7 heteroatoms. The quantitative estimate of drug-likeness (QED) is 0.489. The lowest BCUT2D eigenvalue weighted by atomic mass is 10.1. The van der Waals surface area contributed by atoms with E-state index in [0.29, 0.717) is 39.4 Å². The summed E-state index contributed by atoms with van der Waals surface area (Å²) in [5.74, 6) is 0.305. The monoisotopic (exact) mass is 429 g/mol. The summed E-state index contributed by atoms with van der Waals surface area (Å²) in [5, 5.41) is 13.2. The summed E-state index contributed by atoms with van der Waals surface area (Å²) in [6, 6.07) is 16.3. The van der Waals surface area contributed by atoms with Crippen LogP contribution in [0.5, 0.6) is 5.75 Å². The zero-order chi connectivity index (χ0) is 22.7. The molecule has 0 aliphatic carbocycles. The van der Waals surface area contributed by atoms with Gasteiger partial charge in [-0.1, -0.05) is 17.7 Å². The summed E-state index contributed by atoms with van der Waals surface area (Å²) >= 11 is 0. The maximum atomic E-state index is 13.2. The molecule has 2 aromatic carbocycles. The molecule has 0 bridgehead atoms. The average Bonchev–Trinajstić information content (AvgIpc) is 2.81. The van der Waals surface area contributed by atoms with Crippen molar-refractivity contribution in [3.8, 4) is 5.75 Å². The van der Waals surface area contributed by atoms with Gasteiger partial charge in [0.2, 0.25) is 5.55 Å². The number of aromatic nitrogens is 1. The minimum absolute atomic E-state index is 0.160. The van der Waals surface area contributed by atoms with Crippen LogP contribution in [-0.4, -0.2) is 23.1 Å². The maximum absolute atomic E-state index is 13.2. The van der Waals surface area contributed by atoms with E-state index in [2.05, 4.69) is 15.3 Å². The number of ether oxygens (including phenoxy) is 1. The fraction of sp³-hybridized carbons (Fsp3) is 0.160. The Morgan fingerprint density at radius 1 is 1.12 bits per heavy atom. The van der Waals surface area contributed by atoms with Crippen LogP contribution in [0.4, 0.5) is 11.4 Å². The number of fused-ring (bicyclic) bond motifs is 1. The minimum atomic E-state index is -0.384. The molecule has 7 nitrogen and oxygen atoms in total. The van der Waals surface area contributed by atoms with Crippen LogP contribution in [0, 0.1) is 13.8 Å². The van der Waals surface area contributed by atoms with Gasteiger partial charge in [-0.15, -0.1) is 0 Å². The normalized spacial score (nSPS) is 11.6. The topological polar surface area (TPSA) is 97.0 Å².